The molecule has 2 aromatic carbocycles. The van der Waals surface area contributed by atoms with Crippen molar-refractivity contribution in [2.24, 2.45) is 0 Å². The molecule has 3 rings (SSSR count). The minimum Gasteiger partial charge on any atom is -0.338 e. The third kappa shape index (κ3) is 4.76. The van der Waals surface area contributed by atoms with Gasteiger partial charge in [0.05, 0.1) is 6.04 Å². The number of aryl methyl sites for hydroxylation is 1. The third-order valence-electron chi connectivity index (χ3n) is 6.06. The summed E-state index contributed by atoms with van der Waals surface area (Å²) in [6, 6.07) is 18.2. The average molecular weight is 374 g/mol. The molecule has 0 heterocycles. The first-order chi connectivity index (χ1) is 13.5. The molecular weight excluding hydrogens is 338 g/mol. The van der Waals surface area contributed by atoms with Gasteiger partial charge in [-0.3, -0.25) is 0 Å². The Morgan fingerprint density at radius 1 is 0.964 bits per heavy atom. The summed E-state index contributed by atoms with van der Waals surface area (Å²) >= 11 is 0. The van der Waals surface area contributed by atoms with E-state index in [0.717, 1.165) is 18.0 Å². The lowest BCUT2D eigenvalue weighted by atomic mass is 9.84. The monoisotopic (exact) mass is 373 g/mol. The number of benzene rings is 2. The summed E-state index contributed by atoms with van der Waals surface area (Å²) < 4.78 is 0. The molecule has 1 saturated carbocycles. The van der Waals surface area contributed by atoms with Crippen LogP contribution in [0.25, 0.3) is 0 Å². The normalized spacial score (nSPS) is 15.8. The highest BCUT2D eigenvalue weighted by atomic mass is 15.2. The highest BCUT2D eigenvalue weighted by Gasteiger charge is 2.24. The lowest BCUT2D eigenvalue weighted by molar-refractivity contribution is 0.443. The first-order valence-electron chi connectivity index (χ1n) is 10.7. The van der Waals surface area contributed by atoms with Crippen LogP contribution in [-0.4, -0.2) is 0 Å². The van der Waals surface area contributed by atoms with E-state index in [1.165, 1.54) is 60.1 Å². The highest BCUT2D eigenvalue weighted by molar-refractivity contribution is 5.56. The molecule has 0 aromatic heterocycles. The Labute approximate surface area is 171 Å². The van der Waals surface area contributed by atoms with E-state index in [9.17, 15) is 0 Å². The molecule has 2 aromatic rings. The maximum atomic E-state index is 4.32. The van der Waals surface area contributed by atoms with Crippen molar-refractivity contribution in [1.82, 2.24) is 0 Å². The standard InChI is InChI=1S/C27H35N/c1-20(2)19-27(26-14-10-9-11-22(26)5)28(21(3)4)25-17-15-24(16-18-25)23-12-7-6-8-13-23/h9-11,14-18,23,27H,1,3,6-8,12-13,19H2,2,4-5H3. The minimum atomic E-state index is 0.219. The Morgan fingerprint density at radius 3 is 2.18 bits per heavy atom. The van der Waals surface area contributed by atoms with Crippen LogP contribution < -0.4 is 4.90 Å². The fourth-order valence-corrected chi connectivity index (χ4v) is 4.64. The summed E-state index contributed by atoms with van der Waals surface area (Å²) in [6.07, 6.45) is 7.74. The Bertz CT molecular complexity index is 808. The smallest absolute Gasteiger partial charge is 0.0627 e. The van der Waals surface area contributed by atoms with Crippen molar-refractivity contribution in [3.8, 4) is 0 Å². The van der Waals surface area contributed by atoms with Crippen molar-refractivity contribution in [2.45, 2.75) is 71.3 Å². The van der Waals surface area contributed by atoms with Crippen molar-refractivity contribution in [3.05, 3.63) is 89.6 Å². The van der Waals surface area contributed by atoms with Gasteiger partial charge in [0.15, 0.2) is 0 Å². The van der Waals surface area contributed by atoms with E-state index in [0.29, 0.717) is 0 Å². The molecule has 1 heteroatoms. The van der Waals surface area contributed by atoms with Gasteiger partial charge in [-0.1, -0.05) is 67.8 Å². The van der Waals surface area contributed by atoms with Crippen LogP contribution in [0.3, 0.4) is 0 Å². The second-order valence-electron chi connectivity index (χ2n) is 8.57. The third-order valence-corrected chi connectivity index (χ3v) is 6.06. The van der Waals surface area contributed by atoms with E-state index in [1.807, 2.05) is 0 Å². The molecule has 0 amide bonds. The van der Waals surface area contributed by atoms with Gasteiger partial charge in [0.25, 0.3) is 0 Å². The number of nitrogens with zero attached hydrogens (tertiary/aromatic N) is 1. The van der Waals surface area contributed by atoms with Crippen LogP contribution >= 0.6 is 0 Å². The van der Waals surface area contributed by atoms with Gasteiger partial charge >= 0.3 is 0 Å². The van der Waals surface area contributed by atoms with Gasteiger partial charge in [0, 0.05) is 11.4 Å². The van der Waals surface area contributed by atoms with Gasteiger partial charge in [0.2, 0.25) is 0 Å². The van der Waals surface area contributed by atoms with Crippen LogP contribution in [-0.2, 0) is 0 Å². The molecule has 0 N–H and O–H groups in total. The minimum absolute atomic E-state index is 0.219. The number of rotatable bonds is 7. The van der Waals surface area contributed by atoms with Gasteiger partial charge in [0.1, 0.15) is 0 Å². The summed E-state index contributed by atoms with van der Waals surface area (Å²) in [6.45, 7) is 15.0. The van der Waals surface area contributed by atoms with E-state index < -0.39 is 0 Å². The van der Waals surface area contributed by atoms with Crippen LogP contribution in [0, 0.1) is 6.92 Å². The summed E-state index contributed by atoms with van der Waals surface area (Å²) in [5.41, 5.74) is 7.65. The van der Waals surface area contributed by atoms with E-state index in [2.05, 4.69) is 87.4 Å². The number of anilines is 1. The quantitative estimate of drug-likeness (QED) is 0.443. The Kier molecular flexibility index (Phi) is 6.78. The second-order valence-corrected chi connectivity index (χ2v) is 8.57. The van der Waals surface area contributed by atoms with Crippen LogP contribution in [0.2, 0.25) is 0 Å². The maximum absolute atomic E-state index is 4.32. The van der Waals surface area contributed by atoms with Gasteiger partial charge in [-0.05, 0) is 74.8 Å². The Hall–Kier alpha value is -2.28. The fourth-order valence-electron chi connectivity index (χ4n) is 4.64. The second kappa shape index (κ2) is 9.28. The van der Waals surface area contributed by atoms with E-state index in [1.54, 1.807) is 0 Å². The Balaban J connectivity index is 1.94. The lowest BCUT2D eigenvalue weighted by Gasteiger charge is -2.36. The largest absolute Gasteiger partial charge is 0.338 e. The average Bonchev–Trinajstić information content (AvgIpc) is 2.68. The van der Waals surface area contributed by atoms with Crippen molar-refractivity contribution < 1.29 is 0 Å². The molecule has 1 atom stereocenters. The molecule has 0 aliphatic heterocycles. The zero-order valence-corrected chi connectivity index (χ0v) is 17.9. The molecule has 0 saturated heterocycles. The highest BCUT2D eigenvalue weighted by Crippen LogP contribution is 2.38. The van der Waals surface area contributed by atoms with Crippen LogP contribution in [0.1, 0.15) is 81.0 Å². The van der Waals surface area contributed by atoms with Crippen molar-refractivity contribution in [1.29, 1.82) is 0 Å². The number of allylic oxidation sites excluding steroid dienone is 1. The summed E-state index contributed by atoms with van der Waals surface area (Å²) in [5, 5.41) is 0. The maximum Gasteiger partial charge on any atom is 0.0627 e. The first-order valence-corrected chi connectivity index (χ1v) is 10.7. The molecule has 1 aliphatic rings. The molecule has 0 radical (unpaired) electrons. The van der Waals surface area contributed by atoms with E-state index in [-0.39, 0.29) is 6.04 Å². The number of hydrogen-bond acceptors (Lipinski definition) is 1. The molecule has 1 nitrogen and oxygen atoms in total. The SMILES string of the molecule is C=C(C)CC(c1ccccc1C)N(C(=C)C)c1ccc(C2CCCCC2)cc1. The predicted molar refractivity (Wildman–Crippen MR) is 123 cm³/mol. The van der Waals surface area contributed by atoms with Crippen LogP contribution in [0.4, 0.5) is 5.69 Å². The molecule has 1 aliphatic carbocycles. The molecule has 1 fully saturated rings. The van der Waals surface area contributed by atoms with Crippen LogP contribution in [0.15, 0.2) is 73.0 Å². The summed E-state index contributed by atoms with van der Waals surface area (Å²) in [5.74, 6) is 0.740. The lowest BCUT2D eigenvalue weighted by Crippen LogP contribution is -2.27. The molecule has 0 bridgehead atoms. The predicted octanol–water partition coefficient (Wildman–Crippen LogP) is 8.09. The Morgan fingerprint density at radius 2 is 1.61 bits per heavy atom. The summed E-state index contributed by atoms with van der Waals surface area (Å²) in [4.78, 5) is 2.39. The molecular formula is C27H35N. The van der Waals surface area contributed by atoms with Gasteiger partial charge < -0.3 is 4.90 Å². The molecule has 0 spiro atoms. The first kappa shape index (κ1) is 20.5. The van der Waals surface area contributed by atoms with E-state index >= 15 is 0 Å². The topological polar surface area (TPSA) is 3.24 Å². The van der Waals surface area contributed by atoms with Crippen LogP contribution in [0.5, 0.6) is 0 Å². The number of hydrogen-bond donors (Lipinski definition) is 0. The van der Waals surface area contributed by atoms with Crippen molar-refractivity contribution in [2.75, 3.05) is 4.90 Å². The summed E-state index contributed by atoms with van der Waals surface area (Å²) in [7, 11) is 0. The molecule has 1 unspecified atom stereocenters. The van der Waals surface area contributed by atoms with Gasteiger partial charge in [-0.2, -0.15) is 0 Å². The van der Waals surface area contributed by atoms with Crippen molar-refractivity contribution >= 4 is 5.69 Å². The zero-order chi connectivity index (χ0) is 20.1. The van der Waals surface area contributed by atoms with E-state index in [4.69, 9.17) is 0 Å². The van der Waals surface area contributed by atoms with Crippen molar-refractivity contribution in [3.63, 3.8) is 0 Å². The van der Waals surface area contributed by atoms with Gasteiger partial charge in [-0.15, -0.1) is 6.58 Å². The fraction of sp³-hybridized carbons (Fsp3) is 0.407. The molecule has 28 heavy (non-hydrogen) atoms. The molecule has 148 valence electrons. The van der Waals surface area contributed by atoms with Gasteiger partial charge in [-0.25, -0.2) is 0 Å². The zero-order valence-electron chi connectivity index (χ0n) is 17.9.